The Bertz CT molecular complexity index is 1230. The second-order valence-corrected chi connectivity index (χ2v) is 9.56. The standard InChI is InChI=1S/C24H24ClN5OS/c1-17-21-14-22(32-24(21)30(27-17)15-18-5-7-19(25)8-6-18)23(31)29-12-10-28(11-13-29)16-20-4-2-3-9-26-20/h2-9,14H,10-13,15-16H2,1H3. The van der Waals surface area contributed by atoms with Crippen molar-refractivity contribution in [3.8, 4) is 0 Å². The number of benzene rings is 1. The predicted molar refractivity (Wildman–Crippen MR) is 128 cm³/mol. The number of nitrogens with zero attached hydrogens (tertiary/aromatic N) is 5. The van der Waals surface area contributed by atoms with Crippen LogP contribution in [0, 0.1) is 6.92 Å². The third-order valence-corrected chi connectivity index (χ3v) is 7.22. The van der Waals surface area contributed by atoms with Crippen molar-refractivity contribution in [2.45, 2.75) is 20.0 Å². The topological polar surface area (TPSA) is 54.3 Å². The first-order chi connectivity index (χ1) is 15.6. The molecule has 0 saturated carbocycles. The summed E-state index contributed by atoms with van der Waals surface area (Å²) in [5, 5.41) is 6.47. The molecule has 0 aliphatic carbocycles. The van der Waals surface area contributed by atoms with E-state index in [0.717, 1.165) is 69.8 Å². The van der Waals surface area contributed by atoms with Crippen LogP contribution in [-0.2, 0) is 13.1 Å². The molecule has 0 bridgehead atoms. The third kappa shape index (κ3) is 4.41. The number of amides is 1. The van der Waals surface area contributed by atoms with Crippen molar-refractivity contribution in [3.05, 3.63) is 81.6 Å². The lowest BCUT2D eigenvalue weighted by molar-refractivity contribution is 0.0632. The largest absolute Gasteiger partial charge is 0.335 e. The number of fused-ring (bicyclic) bond motifs is 1. The lowest BCUT2D eigenvalue weighted by atomic mass is 10.2. The number of piperazine rings is 1. The first-order valence-corrected chi connectivity index (χ1v) is 11.9. The third-order valence-electron chi connectivity index (χ3n) is 5.84. The highest BCUT2D eigenvalue weighted by Gasteiger charge is 2.25. The smallest absolute Gasteiger partial charge is 0.264 e. The van der Waals surface area contributed by atoms with Gasteiger partial charge in [0.2, 0.25) is 0 Å². The molecule has 6 nitrogen and oxygen atoms in total. The molecule has 4 aromatic rings. The van der Waals surface area contributed by atoms with Crippen LogP contribution in [0.3, 0.4) is 0 Å². The Morgan fingerprint density at radius 2 is 1.84 bits per heavy atom. The normalized spacial score (nSPS) is 14.9. The molecule has 8 heteroatoms. The molecule has 1 aromatic carbocycles. The molecule has 0 unspecified atom stereocenters. The van der Waals surface area contributed by atoms with Gasteiger partial charge in [0, 0.05) is 49.3 Å². The molecule has 1 aliphatic heterocycles. The van der Waals surface area contributed by atoms with E-state index in [0.29, 0.717) is 6.54 Å². The molecule has 0 spiro atoms. The zero-order valence-electron chi connectivity index (χ0n) is 17.9. The van der Waals surface area contributed by atoms with Gasteiger partial charge in [0.15, 0.2) is 0 Å². The summed E-state index contributed by atoms with van der Waals surface area (Å²) in [5.74, 6) is 0.112. The van der Waals surface area contributed by atoms with Crippen LogP contribution in [0.2, 0.25) is 5.02 Å². The van der Waals surface area contributed by atoms with Crippen molar-refractivity contribution >= 4 is 39.1 Å². The fraction of sp³-hybridized carbons (Fsp3) is 0.292. The monoisotopic (exact) mass is 465 g/mol. The van der Waals surface area contributed by atoms with Gasteiger partial charge in [0.1, 0.15) is 4.83 Å². The molecule has 1 amide bonds. The Balaban J connectivity index is 1.27. The van der Waals surface area contributed by atoms with Crippen LogP contribution in [0.1, 0.15) is 26.6 Å². The van der Waals surface area contributed by atoms with E-state index in [1.807, 2.05) is 71.2 Å². The highest BCUT2D eigenvalue weighted by molar-refractivity contribution is 7.20. The number of rotatable bonds is 5. The summed E-state index contributed by atoms with van der Waals surface area (Å²) in [6, 6.07) is 15.8. The summed E-state index contributed by atoms with van der Waals surface area (Å²) in [6.45, 7) is 6.66. The van der Waals surface area contributed by atoms with Gasteiger partial charge in [-0.25, -0.2) is 0 Å². The van der Waals surface area contributed by atoms with Gasteiger partial charge in [-0.15, -0.1) is 11.3 Å². The molecule has 1 fully saturated rings. The quantitative estimate of drug-likeness (QED) is 0.436. The average Bonchev–Trinajstić information content (AvgIpc) is 3.37. The number of hydrogen-bond acceptors (Lipinski definition) is 5. The maximum absolute atomic E-state index is 13.2. The van der Waals surface area contributed by atoms with E-state index in [-0.39, 0.29) is 5.91 Å². The maximum Gasteiger partial charge on any atom is 0.264 e. The summed E-state index contributed by atoms with van der Waals surface area (Å²) < 4.78 is 1.99. The van der Waals surface area contributed by atoms with E-state index in [9.17, 15) is 4.79 Å². The summed E-state index contributed by atoms with van der Waals surface area (Å²) in [4.78, 5) is 23.8. The number of carbonyl (C=O) groups excluding carboxylic acids is 1. The van der Waals surface area contributed by atoms with Crippen molar-refractivity contribution in [1.82, 2.24) is 24.6 Å². The SMILES string of the molecule is Cc1nn(Cc2ccc(Cl)cc2)c2sc(C(=O)N3CCN(Cc4ccccn4)CC3)cc12. The Kier molecular flexibility index (Phi) is 5.95. The first-order valence-electron chi connectivity index (χ1n) is 10.7. The number of halogens is 1. The number of thiophene rings is 1. The molecule has 0 N–H and O–H groups in total. The minimum Gasteiger partial charge on any atom is -0.335 e. The van der Waals surface area contributed by atoms with Crippen LogP contribution in [-0.4, -0.2) is 56.7 Å². The van der Waals surface area contributed by atoms with Gasteiger partial charge in [0.05, 0.1) is 22.8 Å². The lowest BCUT2D eigenvalue weighted by Gasteiger charge is -2.34. The molecular formula is C24H24ClN5OS. The maximum atomic E-state index is 13.2. The fourth-order valence-corrected chi connectivity index (χ4v) is 5.33. The Hall–Kier alpha value is -2.74. The van der Waals surface area contributed by atoms with Crippen LogP contribution >= 0.6 is 22.9 Å². The van der Waals surface area contributed by atoms with E-state index in [2.05, 4.69) is 15.0 Å². The van der Waals surface area contributed by atoms with Gasteiger partial charge in [0.25, 0.3) is 5.91 Å². The van der Waals surface area contributed by atoms with Gasteiger partial charge in [-0.1, -0.05) is 29.8 Å². The molecule has 1 saturated heterocycles. The average molecular weight is 466 g/mol. The number of pyridine rings is 1. The van der Waals surface area contributed by atoms with E-state index in [1.54, 1.807) is 0 Å². The fourth-order valence-electron chi connectivity index (χ4n) is 4.07. The van der Waals surface area contributed by atoms with Crippen LogP contribution in [0.4, 0.5) is 0 Å². The second kappa shape index (κ2) is 9.02. The van der Waals surface area contributed by atoms with Gasteiger partial charge in [-0.3, -0.25) is 19.4 Å². The van der Waals surface area contributed by atoms with Gasteiger partial charge in [-0.05, 0) is 42.8 Å². The Labute approximate surface area is 196 Å². The number of carbonyl (C=O) groups is 1. The second-order valence-electron chi connectivity index (χ2n) is 8.09. The molecule has 0 radical (unpaired) electrons. The van der Waals surface area contributed by atoms with Crippen LogP contribution in [0.15, 0.2) is 54.7 Å². The van der Waals surface area contributed by atoms with Crippen molar-refractivity contribution in [1.29, 1.82) is 0 Å². The van der Waals surface area contributed by atoms with Crippen LogP contribution in [0.5, 0.6) is 0 Å². The summed E-state index contributed by atoms with van der Waals surface area (Å²) >= 11 is 7.54. The number of hydrogen-bond donors (Lipinski definition) is 0. The van der Waals surface area contributed by atoms with E-state index >= 15 is 0 Å². The van der Waals surface area contributed by atoms with Crippen LogP contribution < -0.4 is 0 Å². The van der Waals surface area contributed by atoms with Crippen molar-refractivity contribution < 1.29 is 4.79 Å². The van der Waals surface area contributed by atoms with Gasteiger partial charge < -0.3 is 4.90 Å². The Morgan fingerprint density at radius 1 is 1.06 bits per heavy atom. The van der Waals surface area contributed by atoms with Crippen LogP contribution in [0.25, 0.3) is 10.2 Å². The van der Waals surface area contributed by atoms with Crippen molar-refractivity contribution in [2.75, 3.05) is 26.2 Å². The summed E-state index contributed by atoms with van der Waals surface area (Å²) in [7, 11) is 0. The molecular weight excluding hydrogens is 442 g/mol. The van der Waals surface area contributed by atoms with Gasteiger partial charge in [-0.2, -0.15) is 5.10 Å². The van der Waals surface area contributed by atoms with E-state index < -0.39 is 0 Å². The number of aromatic nitrogens is 3. The minimum absolute atomic E-state index is 0.112. The minimum atomic E-state index is 0.112. The van der Waals surface area contributed by atoms with Gasteiger partial charge >= 0.3 is 0 Å². The van der Waals surface area contributed by atoms with Crippen molar-refractivity contribution in [2.24, 2.45) is 0 Å². The highest BCUT2D eigenvalue weighted by Crippen LogP contribution is 2.30. The molecule has 5 rings (SSSR count). The molecule has 0 atom stereocenters. The number of aryl methyl sites for hydroxylation is 1. The van der Waals surface area contributed by atoms with E-state index in [4.69, 9.17) is 11.6 Å². The zero-order chi connectivity index (χ0) is 22.1. The summed E-state index contributed by atoms with van der Waals surface area (Å²) in [5.41, 5.74) is 3.14. The van der Waals surface area contributed by atoms with Crippen molar-refractivity contribution in [3.63, 3.8) is 0 Å². The molecule has 32 heavy (non-hydrogen) atoms. The predicted octanol–water partition coefficient (Wildman–Crippen LogP) is 4.46. The van der Waals surface area contributed by atoms with E-state index in [1.165, 1.54) is 11.3 Å². The molecule has 3 aromatic heterocycles. The lowest BCUT2D eigenvalue weighted by Crippen LogP contribution is -2.48. The molecule has 1 aliphatic rings. The first kappa shape index (κ1) is 21.1. The zero-order valence-corrected chi connectivity index (χ0v) is 19.4. The molecule has 4 heterocycles. The Morgan fingerprint density at radius 3 is 2.56 bits per heavy atom. The highest BCUT2D eigenvalue weighted by atomic mass is 35.5. The summed E-state index contributed by atoms with van der Waals surface area (Å²) in [6.07, 6.45) is 1.83. The molecule has 164 valence electrons.